The average molecular weight is 426 g/mol. The summed E-state index contributed by atoms with van der Waals surface area (Å²) >= 11 is 0. The minimum Gasteiger partial charge on any atom is -0.504 e. The van der Waals surface area contributed by atoms with Crippen LogP contribution in [0.4, 0.5) is 0 Å². The number of sulfone groups is 1. The van der Waals surface area contributed by atoms with Crippen molar-refractivity contribution in [2.75, 3.05) is 25.2 Å². The fraction of sp³-hybridized carbons (Fsp3) is 0.500. The quantitative estimate of drug-likeness (QED) is 0.499. The number of nitrogens with zero attached hydrogens (tertiary/aromatic N) is 1. The first-order valence-corrected chi connectivity index (χ1v) is 11.2. The van der Waals surface area contributed by atoms with Gasteiger partial charge >= 0.3 is 5.97 Å². The Labute approximate surface area is 171 Å². The van der Waals surface area contributed by atoms with Crippen LogP contribution in [-0.2, 0) is 24.2 Å². The number of amides is 1. The van der Waals surface area contributed by atoms with E-state index in [-0.39, 0.29) is 35.1 Å². The lowest BCUT2D eigenvalue weighted by atomic mass is 10.1. The van der Waals surface area contributed by atoms with Crippen molar-refractivity contribution in [2.24, 2.45) is 0 Å². The van der Waals surface area contributed by atoms with Crippen LogP contribution >= 0.6 is 0 Å². The standard InChI is InChI=1S/C20H27NO7S/c1-4-14(2)21(16-9-10-29(25,26)13-16)19(23)12-28-20(24)8-6-15-5-7-17(22)18(11-15)27-3/h5-8,11,14,16,22H,4,9-10,12-13H2,1-3H3/b8-6+/t14-,16+/m1/s1. The average Bonchev–Trinajstić information content (AvgIpc) is 3.04. The highest BCUT2D eigenvalue weighted by molar-refractivity contribution is 7.91. The summed E-state index contributed by atoms with van der Waals surface area (Å²) in [6, 6.07) is 4.04. The summed E-state index contributed by atoms with van der Waals surface area (Å²) in [6.45, 7) is 3.31. The maximum Gasteiger partial charge on any atom is 0.331 e. The lowest BCUT2D eigenvalue weighted by Gasteiger charge is -2.33. The van der Waals surface area contributed by atoms with Gasteiger partial charge in [-0.25, -0.2) is 13.2 Å². The third-order valence-corrected chi connectivity index (χ3v) is 6.66. The van der Waals surface area contributed by atoms with Crippen LogP contribution in [0.1, 0.15) is 32.3 Å². The number of methoxy groups -OCH3 is 1. The van der Waals surface area contributed by atoms with Gasteiger partial charge in [0, 0.05) is 18.2 Å². The number of phenolic OH excluding ortho intramolecular Hbond substituents is 1. The molecular formula is C20H27NO7S. The first kappa shape index (κ1) is 22.7. The van der Waals surface area contributed by atoms with Gasteiger partial charge in [0.2, 0.25) is 0 Å². The monoisotopic (exact) mass is 425 g/mol. The number of benzene rings is 1. The first-order chi connectivity index (χ1) is 13.7. The molecule has 1 aromatic rings. The number of hydrogen-bond donors (Lipinski definition) is 1. The van der Waals surface area contributed by atoms with Crippen LogP contribution in [0.15, 0.2) is 24.3 Å². The van der Waals surface area contributed by atoms with Gasteiger partial charge in [0.25, 0.3) is 5.91 Å². The molecule has 2 rings (SSSR count). The van der Waals surface area contributed by atoms with Crippen LogP contribution in [0.2, 0.25) is 0 Å². The van der Waals surface area contributed by atoms with Crippen molar-refractivity contribution in [3.8, 4) is 11.5 Å². The number of carbonyl (C=O) groups is 2. The summed E-state index contributed by atoms with van der Waals surface area (Å²) in [7, 11) is -1.72. The predicted octanol–water partition coefficient (Wildman–Crippen LogP) is 1.77. The second-order valence-electron chi connectivity index (χ2n) is 6.99. The summed E-state index contributed by atoms with van der Waals surface area (Å²) in [5, 5.41) is 9.58. The molecule has 0 saturated carbocycles. The lowest BCUT2D eigenvalue weighted by molar-refractivity contribution is -0.150. The van der Waals surface area contributed by atoms with E-state index in [1.807, 2.05) is 13.8 Å². The normalized spacial score (nSPS) is 19.1. The van der Waals surface area contributed by atoms with E-state index in [9.17, 15) is 23.1 Å². The zero-order valence-corrected chi connectivity index (χ0v) is 17.6. The topological polar surface area (TPSA) is 110 Å². The summed E-state index contributed by atoms with van der Waals surface area (Å²) in [5.74, 6) is -0.845. The number of esters is 1. The van der Waals surface area contributed by atoms with E-state index in [1.54, 1.807) is 12.1 Å². The summed E-state index contributed by atoms with van der Waals surface area (Å²) in [5.41, 5.74) is 0.611. The number of rotatable bonds is 8. The molecule has 0 unspecified atom stereocenters. The molecule has 1 amide bonds. The van der Waals surface area contributed by atoms with Crippen LogP contribution in [-0.4, -0.2) is 67.6 Å². The second-order valence-corrected chi connectivity index (χ2v) is 9.22. The summed E-state index contributed by atoms with van der Waals surface area (Å²) < 4.78 is 33.6. The van der Waals surface area contributed by atoms with Crippen LogP contribution in [0.3, 0.4) is 0 Å². The first-order valence-electron chi connectivity index (χ1n) is 9.40. The van der Waals surface area contributed by atoms with Crippen LogP contribution in [0, 0.1) is 0 Å². The summed E-state index contributed by atoms with van der Waals surface area (Å²) in [4.78, 5) is 26.1. The Kier molecular flexibility index (Phi) is 7.66. The van der Waals surface area contributed by atoms with E-state index in [0.29, 0.717) is 18.4 Å². The molecule has 0 aromatic heterocycles. The number of ether oxygens (including phenoxy) is 2. The molecule has 0 radical (unpaired) electrons. The molecular weight excluding hydrogens is 398 g/mol. The van der Waals surface area contributed by atoms with Crippen molar-refractivity contribution in [3.63, 3.8) is 0 Å². The molecule has 1 N–H and O–H groups in total. The molecule has 0 spiro atoms. The lowest BCUT2D eigenvalue weighted by Crippen LogP contribution is -2.48. The molecule has 29 heavy (non-hydrogen) atoms. The Bertz CT molecular complexity index is 879. The molecule has 8 nitrogen and oxygen atoms in total. The van der Waals surface area contributed by atoms with E-state index >= 15 is 0 Å². The Balaban J connectivity index is 1.97. The highest BCUT2D eigenvalue weighted by Gasteiger charge is 2.36. The maximum atomic E-state index is 12.6. The highest BCUT2D eigenvalue weighted by Crippen LogP contribution is 2.26. The van der Waals surface area contributed by atoms with Gasteiger partial charge in [-0.3, -0.25) is 4.79 Å². The molecule has 1 fully saturated rings. The zero-order chi connectivity index (χ0) is 21.6. The Morgan fingerprint density at radius 1 is 1.38 bits per heavy atom. The van der Waals surface area contributed by atoms with Gasteiger partial charge in [0.1, 0.15) is 0 Å². The third kappa shape index (κ3) is 6.22. The van der Waals surface area contributed by atoms with Crippen molar-refractivity contribution < 1.29 is 32.6 Å². The number of carbonyl (C=O) groups excluding carboxylic acids is 2. The SMILES string of the molecule is CC[C@@H](C)N(C(=O)COC(=O)/C=C/c1ccc(O)c(OC)c1)[C@H]1CCS(=O)(=O)C1. The fourth-order valence-corrected chi connectivity index (χ4v) is 4.93. The van der Waals surface area contributed by atoms with Crippen LogP contribution < -0.4 is 4.74 Å². The molecule has 1 heterocycles. The number of aromatic hydroxyl groups is 1. The molecule has 2 atom stereocenters. The molecule has 0 bridgehead atoms. The molecule has 1 aromatic carbocycles. The molecule has 0 aliphatic carbocycles. The zero-order valence-electron chi connectivity index (χ0n) is 16.8. The van der Waals surface area contributed by atoms with Crippen molar-refractivity contribution in [1.82, 2.24) is 4.90 Å². The van der Waals surface area contributed by atoms with Gasteiger partial charge < -0.3 is 19.5 Å². The summed E-state index contributed by atoms with van der Waals surface area (Å²) in [6.07, 6.45) is 3.71. The van der Waals surface area contributed by atoms with Crippen molar-refractivity contribution in [1.29, 1.82) is 0 Å². The Morgan fingerprint density at radius 2 is 2.10 bits per heavy atom. The second kappa shape index (κ2) is 9.78. The van der Waals surface area contributed by atoms with E-state index in [2.05, 4.69) is 0 Å². The van der Waals surface area contributed by atoms with Gasteiger partial charge in [0.05, 0.1) is 18.6 Å². The van der Waals surface area contributed by atoms with Gasteiger partial charge in [-0.15, -0.1) is 0 Å². The Hall–Kier alpha value is -2.55. The van der Waals surface area contributed by atoms with Gasteiger partial charge in [-0.2, -0.15) is 0 Å². The van der Waals surface area contributed by atoms with E-state index in [4.69, 9.17) is 9.47 Å². The number of phenols is 1. The number of hydrogen-bond acceptors (Lipinski definition) is 7. The van der Waals surface area contributed by atoms with E-state index in [1.165, 1.54) is 30.2 Å². The van der Waals surface area contributed by atoms with Crippen molar-refractivity contribution in [3.05, 3.63) is 29.8 Å². The van der Waals surface area contributed by atoms with Gasteiger partial charge in [-0.05, 0) is 43.5 Å². The minimum absolute atomic E-state index is 0.0168. The predicted molar refractivity (Wildman–Crippen MR) is 108 cm³/mol. The molecule has 9 heteroatoms. The smallest absolute Gasteiger partial charge is 0.331 e. The van der Waals surface area contributed by atoms with Crippen LogP contribution in [0.25, 0.3) is 6.08 Å². The largest absolute Gasteiger partial charge is 0.504 e. The molecule has 160 valence electrons. The van der Waals surface area contributed by atoms with E-state index in [0.717, 1.165) is 0 Å². The maximum absolute atomic E-state index is 12.6. The van der Waals surface area contributed by atoms with Crippen molar-refractivity contribution in [2.45, 2.75) is 38.8 Å². The third-order valence-electron chi connectivity index (χ3n) is 4.91. The fourth-order valence-electron chi connectivity index (χ4n) is 3.22. The molecule has 1 saturated heterocycles. The molecule has 1 aliphatic heterocycles. The van der Waals surface area contributed by atoms with E-state index < -0.39 is 28.3 Å². The van der Waals surface area contributed by atoms with Gasteiger partial charge in [0.15, 0.2) is 27.9 Å². The van der Waals surface area contributed by atoms with Gasteiger partial charge in [-0.1, -0.05) is 13.0 Å². The van der Waals surface area contributed by atoms with Crippen LogP contribution in [0.5, 0.6) is 11.5 Å². The molecule has 1 aliphatic rings. The minimum atomic E-state index is -3.14. The highest BCUT2D eigenvalue weighted by atomic mass is 32.2. The Morgan fingerprint density at radius 3 is 2.69 bits per heavy atom. The van der Waals surface area contributed by atoms with Crippen molar-refractivity contribution >= 4 is 27.8 Å².